The molecule has 2 amide bonds. The van der Waals surface area contributed by atoms with Gasteiger partial charge < -0.3 is 20.5 Å². The lowest BCUT2D eigenvalue weighted by Gasteiger charge is -2.19. The number of hydrogen-bond donors (Lipinski definition) is 2. The molecule has 1 aliphatic heterocycles. The van der Waals surface area contributed by atoms with Crippen molar-refractivity contribution in [1.82, 2.24) is 14.5 Å². The molecule has 10 nitrogen and oxygen atoms in total. The fourth-order valence-electron chi connectivity index (χ4n) is 3.98. The van der Waals surface area contributed by atoms with E-state index in [1.807, 2.05) is 0 Å². The number of halogens is 2. The van der Waals surface area contributed by atoms with Crippen molar-refractivity contribution in [2.24, 2.45) is 11.8 Å². The summed E-state index contributed by atoms with van der Waals surface area (Å²) >= 11 is 5.77. The molecule has 0 radical (unpaired) electrons. The number of amides is 2. The first-order chi connectivity index (χ1) is 17.2. The van der Waals surface area contributed by atoms with E-state index in [4.69, 9.17) is 11.6 Å². The molecular weight excluding hydrogens is 493 g/mol. The predicted molar refractivity (Wildman–Crippen MR) is 127 cm³/mol. The van der Waals surface area contributed by atoms with Gasteiger partial charge in [0.1, 0.15) is 11.6 Å². The standard InChI is InChI=1S/C24H21ClFN5O5/c25-14-4-7-20(27-10-14)29-21(32)13-30-11-16(17(12-30)24(35)36)23(34)28-19-6-5-15(9-18(19)26)31-8-2-1-3-22(31)33/h1-10,16-17H,11-13H2,(H,28,34)(H,35,36)(H,27,29,32)/p-1/t16-,17-/m0/s1. The molecule has 0 saturated carbocycles. The van der Waals surface area contributed by atoms with Gasteiger partial charge >= 0.3 is 0 Å². The van der Waals surface area contributed by atoms with Gasteiger partial charge in [0, 0.05) is 49.5 Å². The van der Waals surface area contributed by atoms with Crippen LogP contribution >= 0.6 is 11.6 Å². The predicted octanol–water partition coefficient (Wildman–Crippen LogP) is 0.900. The van der Waals surface area contributed by atoms with E-state index in [0.717, 1.165) is 6.07 Å². The molecule has 4 rings (SSSR count). The Morgan fingerprint density at radius 2 is 1.86 bits per heavy atom. The van der Waals surface area contributed by atoms with E-state index in [9.17, 15) is 28.7 Å². The van der Waals surface area contributed by atoms with Crippen molar-refractivity contribution in [1.29, 1.82) is 0 Å². The normalized spacial score (nSPS) is 17.5. The van der Waals surface area contributed by atoms with Gasteiger partial charge in [0.25, 0.3) is 5.56 Å². The van der Waals surface area contributed by atoms with Gasteiger partial charge in [-0.2, -0.15) is 0 Å². The summed E-state index contributed by atoms with van der Waals surface area (Å²) in [5.41, 5.74) is -0.265. The lowest BCUT2D eigenvalue weighted by atomic mass is 9.95. The second-order valence-corrected chi connectivity index (χ2v) is 8.63. The highest BCUT2D eigenvalue weighted by atomic mass is 35.5. The SMILES string of the molecule is O=C(CN1C[C@H](C(=O)[O-])[C@@H](C(=O)Nc2ccc(-n3ccccc3=O)cc2F)C1)Nc1ccc(Cl)cn1. The number of nitrogens with one attached hydrogen (secondary N) is 2. The number of rotatable bonds is 7. The molecule has 36 heavy (non-hydrogen) atoms. The molecular formula is C24H20ClFN5O5-. The summed E-state index contributed by atoms with van der Waals surface area (Å²) in [5, 5.41) is 17.1. The largest absolute Gasteiger partial charge is 0.550 e. The molecule has 2 atom stereocenters. The molecule has 3 aromatic rings. The van der Waals surface area contributed by atoms with E-state index in [0.29, 0.717) is 5.02 Å². The van der Waals surface area contributed by atoms with Crippen LogP contribution in [0.4, 0.5) is 15.9 Å². The zero-order valence-corrected chi connectivity index (χ0v) is 19.4. The molecule has 0 unspecified atom stereocenters. The zero-order chi connectivity index (χ0) is 25.8. The first kappa shape index (κ1) is 25.0. The van der Waals surface area contributed by atoms with Crippen LogP contribution in [0.3, 0.4) is 0 Å². The van der Waals surface area contributed by atoms with Gasteiger partial charge in [-0.3, -0.25) is 23.9 Å². The molecule has 1 fully saturated rings. The van der Waals surface area contributed by atoms with E-state index < -0.39 is 35.4 Å². The van der Waals surface area contributed by atoms with Gasteiger partial charge in [0.2, 0.25) is 11.8 Å². The molecule has 1 aliphatic rings. The highest BCUT2D eigenvalue weighted by molar-refractivity contribution is 6.30. The quantitative estimate of drug-likeness (QED) is 0.480. The van der Waals surface area contributed by atoms with Crippen LogP contribution in [0.25, 0.3) is 5.69 Å². The highest BCUT2D eigenvalue weighted by Gasteiger charge is 2.39. The number of carboxylic acid groups (broad SMARTS) is 1. The monoisotopic (exact) mass is 512 g/mol. The Balaban J connectivity index is 1.42. The molecule has 2 N–H and O–H groups in total. The fourth-order valence-corrected chi connectivity index (χ4v) is 4.09. The van der Waals surface area contributed by atoms with E-state index in [1.165, 1.54) is 46.1 Å². The molecule has 12 heteroatoms. The number of nitrogens with zero attached hydrogens (tertiary/aromatic N) is 3. The second kappa shape index (κ2) is 10.7. The highest BCUT2D eigenvalue weighted by Crippen LogP contribution is 2.26. The number of pyridine rings is 2. The van der Waals surface area contributed by atoms with Gasteiger partial charge in [-0.05, 0) is 30.3 Å². The van der Waals surface area contributed by atoms with E-state index in [-0.39, 0.29) is 42.4 Å². The Kier molecular flexibility index (Phi) is 7.41. The van der Waals surface area contributed by atoms with Crippen molar-refractivity contribution in [2.75, 3.05) is 30.3 Å². The molecule has 1 saturated heterocycles. The van der Waals surface area contributed by atoms with Crippen molar-refractivity contribution in [3.8, 4) is 5.69 Å². The third-order valence-corrected chi connectivity index (χ3v) is 5.93. The summed E-state index contributed by atoms with van der Waals surface area (Å²) < 4.78 is 16.0. The zero-order valence-electron chi connectivity index (χ0n) is 18.7. The van der Waals surface area contributed by atoms with Crippen molar-refractivity contribution in [2.45, 2.75) is 0 Å². The Labute approximate surface area is 209 Å². The minimum atomic E-state index is -1.45. The lowest BCUT2D eigenvalue weighted by Crippen LogP contribution is -2.40. The fraction of sp³-hybridized carbons (Fsp3) is 0.208. The number of benzene rings is 1. The summed E-state index contributed by atoms with van der Waals surface area (Å²) in [6, 6.07) is 11.4. The van der Waals surface area contributed by atoms with Crippen molar-refractivity contribution < 1.29 is 23.9 Å². The Hall–Kier alpha value is -4.09. The molecule has 1 aromatic carbocycles. The maximum atomic E-state index is 14.7. The van der Waals surface area contributed by atoms with E-state index in [1.54, 1.807) is 18.2 Å². The van der Waals surface area contributed by atoms with Crippen LogP contribution in [0, 0.1) is 17.7 Å². The van der Waals surface area contributed by atoms with Crippen molar-refractivity contribution in [3.05, 3.63) is 82.1 Å². The van der Waals surface area contributed by atoms with Crippen molar-refractivity contribution >= 4 is 40.9 Å². The van der Waals surface area contributed by atoms with E-state index >= 15 is 0 Å². The third kappa shape index (κ3) is 5.75. The molecule has 2 aromatic heterocycles. The number of aromatic nitrogens is 2. The maximum Gasteiger partial charge on any atom is 0.255 e. The van der Waals surface area contributed by atoms with Gasteiger partial charge in [-0.1, -0.05) is 17.7 Å². The number of carbonyl (C=O) groups excluding carboxylic acids is 3. The molecule has 0 aliphatic carbocycles. The minimum absolute atomic E-state index is 0.0505. The molecule has 0 bridgehead atoms. The number of aliphatic carboxylic acids is 1. The van der Waals surface area contributed by atoms with Crippen LogP contribution in [0.5, 0.6) is 0 Å². The van der Waals surface area contributed by atoms with Crippen LogP contribution in [-0.4, -0.2) is 51.9 Å². The third-order valence-electron chi connectivity index (χ3n) is 5.71. The van der Waals surface area contributed by atoms with Gasteiger partial charge in [-0.25, -0.2) is 9.37 Å². The maximum absolute atomic E-state index is 14.7. The van der Waals surface area contributed by atoms with Gasteiger partial charge in [0.15, 0.2) is 0 Å². The Morgan fingerprint density at radius 3 is 2.53 bits per heavy atom. The molecule has 0 spiro atoms. The smallest absolute Gasteiger partial charge is 0.255 e. The van der Waals surface area contributed by atoms with Gasteiger partial charge in [-0.15, -0.1) is 0 Å². The van der Waals surface area contributed by atoms with Crippen LogP contribution in [0.1, 0.15) is 0 Å². The number of hydrogen-bond acceptors (Lipinski definition) is 7. The van der Waals surface area contributed by atoms with Crippen LogP contribution in [0.2, 0.25) is 5.02 Å². The second-order valence-electron chi connectivity index (χ2n) is 8.20. The number of carbonyl (C=O) groups is 3. The number of anilines is 2. The summed E-state index contributed by atoms with van der Waals surface area (Å²) in [6.07, 6.45) is 2.84. The molecule has 186 valence electrons. The molecule has 3 heterocycles. The van der Waals surface area contributed by atoms with Crippen LogP contribution < -0.4 is 21.3 Å². The summed E-state index contributed by atoms with van der Waals surface area (Å²) in [6.45, 7) is -0.335. The Morgan fingerprint density at radius 1 is 1.08 bits per heavy atom. The average molecular weight is 513 g/mol. The minimum Gasteiger partial charge on any atom is -0.550 e. The first-order valence-electron chi connectivity index (χ1n) is 10.8. The first-order valence-corrected chi connectivity index (χ1v) is 11.2. The number of likely N-dealkylation sites (tertiary alicyclic amines) is 1. The van der Waals surface area contributed by atoms with Crippen molar-refractivity contribution in [3.63, 3.8) is 0 Å². The Bertz CT molecular complexity index is 1360. The lowest BCUT2D eigenvalue weighted by molar-refractivity contribution is -0.312. The van der Waals surface area contributed by atoms with Gasteiger partial charge in [0.05, 0.1) is 28.9 Å². The van der Waals surface area contributed by atoms with Crippen LogP contribution in [-0.2, 0) is 14.4 Å². The van der Waals surface area contributed by atoms with E-state index in [2.05, 4.69) is 15.6 Å². The number of carboxylic acids is 1. The average Bonchev–Trinajstić information content (AvgIpc) is 3.26. The van der Waals surface area contributed by atoms with Crippen LogP contribution in [0.15, 0.2) is 65.7 Å². The topological polar surface area (TPSA) is 136 Å². The summed E-state index contributed by atoms with van der Waals surface area (Å²) in [4.78, 5) is 54.3. The summed E-state index contributed by atoms with van der Waals surface area (Å²) in [7, 11) is 0. The summed E-state index contributed by atoms with van der Waals surface area (Å²) in [5.74, 6) is -5.44.